The Hall–Kier alpha value is -2.10. The van der Waals surface area contributed by atoms with Crippen LogP contribution in [-0.2, 0) is 0 Å². The van der Waals surface area contributed by atoms with Crippen molar-refractivity contribution in [3.8, 4) is 0 Å². The van der Waals surface area contributed by atoms with Crippen molar-refractivity contribution in [1.82, 2.24) is 9.97 Å². The van der Waals surface area contributed by atoms with Crippen molar-refractivity contribution < 1.29 is 0 Å². The van der Waals surface area contributed by atoms with Crippen molar-refractivity contribution in [3.05, 3.63) is 42.2 Å². The molecule has 0 aliphatic rings. The number of nitrogens with two attached hydrogens (primary N) is 1. The van der Waals surface area contributed by atoms with Crippen LogP contribution in [0.5, 0.6) is 0 Å². The van der Waals surface area contributed by atoms with Crippen molar-refractivity contribution in [1.29, 1.82) is 0 Å². The Morgan fingerprint density at radius 1 is 1.13 bits per heavy atom. The van der Waals surface area contributed by atoms with E-state index in [9.17, 15) is 0 Å². The van der Waals surface area contributed by atoms with Crippen LogP contribution in [0.4, 0.5) is 17.3 Å². The lowest BCUT2D eigenvalue weighted by Gasteiger charge is -2.06. The second-order valence-corrected chi connectivity index (χ2v) is 3.22. The Bertz CT molecular complexity index is 433. The minimum Gasteiger partial charge on any atom is -0.384 e. The number of aryl methyl sites for hydroxylation is 1. The minimum atomic E-state index is 0.473. The average Bonchev–Trinajstić information content (AvgIpc) is 2.17. The van der Waals surface area contributed by atoms with Crippen LogP contribution in [-0.4, -0.2) is 9.97 Å². The van der Waals surface area contributed by atoms with E-state index >= 15 is 0 Å². The van der Waals surface area contributed by atoms with Crippen molar-refractivity contribution in [2.45, 2.75) is 6.92 Å². The molecule has 0 bridgehead atoms. The summed E-state index contributed by atoms with van der Waals surface area (Å²) in [4.78, 5) is 8.23. The zero-order chi connectivity index (χ0) is 10.7. The van der Waals surface area contributed by atoms with Crippen LogP contribution in [0.1, 0.15) is 5.82 Å². The molecule has 15 heavy (non-hydrogen) atoms. The van der Waals surface area contributed by atoms with Gasteiger partial charge in [0.05, 0.1) is 0 Å². The van der Waals surface area contributed by atoms with Crippen LogP contribution >= 0.6 is 0 Å². The molecule has 1 aromatic carbocycles. The predicted octanol–water partition coefficient (Wildman–Crippen LogP) is 2.11. The van der Waals surface area contributed by atoms with Gasteiger partial charge in [-0.1, -0.05) is 18.2 Å². The molecular weight excluding hydrogens is 188 g/mol. The van der Waals surface area contributed by atoms with Gasteiger partial charge in [0.2, 0.25) is 0 Å². The van der Waals surface area contributed by atoms with E-state index in [1.54, 1.807) is 6.07 Å². The van der Waals surface area contributed by atoms with Crippen molar-refractivity contribution >= 4 is 17.3 Å². The fourth-order valence-corrected chi connectivity index (χ4v) is 1.32. The molecule has 0 saturated heterocycles. The van der Waals surface area contributed by atoms with Crippen LogP contribution < -0.4 is 11.1 Å². The summed E-state index contributed by atoms with van der Waals surface area (Å²) in [5.41, 5.74) is 6.60. The van der Waals surface area contributed by atoms with Gasteiger partial charge in [0, 0.05) is 11.8 Å². The number of hydrogen-bond donors (Lipinski definition) is 2. The number of anilines is 3. The quantitative estimate of drug-likeness (QED) is 0.779. The third kappa shape index (κ3) is 2.43. The maximum absolute atomic E-state index is 5.62. The Morgan fingerprint density at radius 3 is 2.53 bits per heavy atom. The highest BCUT2D eigenvalue weighted by Gasteiger charge is 1.98. The molecule has 0 aliphatic heterocycles. The molecule has 3 N–H and O–H groups in total. The molecule has 1 aromatic heterocycles. The normalized spacial score (nSPS) is 9.93. The van der Waals surface area contributed by atoms with Crippen LogP contribution in [0.2, 0.25) is 0 Å². The zero-order valence-electron chi connectivity index (χ0n) is 8.44. The summed E-state index contributed by atoms with van der Waals surface area (Å²) in [7, 11) is 0. The lowest BCUT2D eigenvalue weighted by atomic mass is 10.3. The topological polar surface area (TPSA) is 63.8 Å². The SMILES string of the molecule is Cc1nc(N)cc(Nc2ccccc2)n1. The second kappa shape index (κ2) is 3.96. The summed E-state index contributed by atoms with van der Waals surface area (Å²) in [6.45, 7) is 1.81. The first-order valence-electron chi connectivity index (χ1n) is 4.67. The van der Waals surface area contributed by atoms with Gasteiger partial charge in [0.1, 0.15) is 17.5 Å². The van der Waals surface area contributed by atoms with Gasteiger partial charge in [-0.3, -0.25) is 0 Å². The summed E-state index contributed by atoms with van der Waals surface area (Å²) < 4.78 is 0. The molecule has 0 unspecified atom stereocenters. The fraction of sp³-hybridized carbons (Fsp3) is 0.0909. The van der Waals surface area contributed by atoms with Gasteiger partial charge in [-0.05, 0) is 19.1 Å². The molecule has 0 saturated carbocycles. The van der Waals surface area contributed by atoms with E-state index < -0.39 is 0 Å². The van der Waals surface area contributed by atoms with Gasteiger partial charge in [-0.2, -0.15) is 0 Å². The Labute approximate surface area is 88.2 Å². The van der Waals surface area contributed by atoms with Crippen molar-refractivity contribution in [2.24, 2.45) is 0 Å². The standard InChI is InChI=1S/C11H12N4/c1-8-13-10(12)7-11(14-8)15-9-5-3-2-4-6-9/h2-7H,1H3,(H3,12,13,14,15). The highest BCUT2D eigenvalue weighted by atomic mass is 15.0. The molecule has 0 spiro atoms. The molecule has 0 atom stereocenters. The Morgan fingerprint density at radius 2 is 1.87 bits per heavy atom. The van der Waals surface area contributed by atoms with E-state index in [0.717, 1.165) is 5.69 Å². The Balaban J connectivity index is 2.25. The summed E-state index contributed by atoms with van der Waals surface area (Å²) in [5.74, 6) is 1.85. The molecule has 0 aliphatic carbocycles. The molecule has 4 nitrogen and oxygen atoms in total. The number of nitrogen functional groups attached to an aromatic ring is 1. The van der Waals surface area contributed by atoms with Crippen LogP contribution in [0.25, 0.3) is 0 Å². The minimum absolute atomic E-state index is 0.473. The van der Waals surface area contributed by atoms with Gasteiger partial charge in [0.25, 0.3) is 0 Å². The van der Waals surface area contributed by atoms with Gasteiger partial charge in [0.15, 0.2) is 0 Å². The number of para-hydroxylation sites is 1. The molecule has 0 radical (unpaired) electrons. The van der Waals surface area contributed by atoms with Crippen LogP contribution in [0, 0.1) is 6.92 Å². The number of aromatic nitrogens is 2. The third-order valence-electron chi connectivity index (χ3n) is 1.90. The maximum Gasteiger partial charge on any atom is 0.136 e. The van der Waals surface area contributed by atoms with Gasteiger partial charge in [-0.15, -0.1) is 0 Å². The largest absolute Gasteiger partial charge is 0.384 e. The first kappa shape index (κ1) is 9.45. The lowest BCUT2D eigenvalue weighted by molar-refractivity contribution is 1.06. The van der Waals surface area contributed by atoms with E-state index in [1.165, 1.54) is 0 Å². The van der Waals surface area contributed by atoms with E-state index in [2.05, 4.69) is 15.3 Å². The Kier molecular flexibility index (Phi) is 2.49. The molecule has 0 fully saturated rings. The first-order valence-corrected chi connectivity index (χ1v) is 4.67. The van der Waals surface area contributed by atoms with Crippen molar-refractivity contribution in [2.75, 3.05) is 11.1 Å². The van der Waals surface area contributed by atoms with Crippen LogP contribution in [0.15, 0.2) is 36.4 Å². The number of rotatable bonds is 2. The fourth-order valence-electron chi connectivity index (χ4n) is 1.32. The van der Waals surface area contributed by atoms with Gasteiger partial charge < -0.3 is 11.1 Å². The molecule has 0 amide bonds. The molecule has 1 heterocycles. The average molecular weight is 200 g/mol. The van der Waals surface area contributed by atoms with Gasteiger partial charge >= 0.3 is 0 Å². The second-order valence-electron chi connectivity index (χ2n) is 3.22. The number of nitrogens with one attached hydrogen (secondary N) is 1. The number of nitrogens with zero attached hydrogens (tertiary/aromatic N) is 2. The zero-order valence-corrected chi connectivity index (χ0v) is 8.44. The summed E-state index contributed by atoms with van der Waals surface area (Å²) in [6, 6.07) is 11.5. The monoisotopic (exact) mass is 200 g/mol. The summed E-state index contributed by atoms with van der Waals surface area (Å²) >= 11 is 0. The van der Waals surface area contributed by atoms with Crippen LogP contribution in [0.3, 0.4) is 0 Å². The third-order valence-corrected chi connectivity index (χ3v) is 1.90. The van der Waals surface area contributed by atoms with E-state index in [-0.39, 0.29) is 0 Å². The molecular formula is C11H12N4. The van der Waals surface area contributed by atoms with Gasteiger partial charge in [-0.25, -0.2) is 9.97 Å². The molecule has 2 aromatic rings. The first-order chi connectivity index (χ1) is 7.24. The van der Waals surface area contributed by atoms with E-state index in [0.29, 0.717) is 17.5 Å². The van der Waals surface area contributed by atoms with E-state index in [1.807, 2.05) is 37.3 Å². The van der Waals surface area contributed by atoms with Crippen molar-refractivity contribution in [3.63, 3.8) is 0 Å². The maximum atomic E-state index is 5.62. The summed E-state index contributed by atoms with van der Waals surface area (Å²) in [6.07, 6.45) is 0. The smallest absolute Gasteiger partial charge is 0.136 e. The molecule has 2 rings (SSSR count). The lowest BCUT2D eigenvalue weighted by Crippen LogP contribution is -2.00. The number of hydrogen-bond acceptors (Lipinski definition) is 4. The van der Waals surface area contributed by atoms with E-state index in [4.69, 9.17) is 5.73 Å². The summed E-state index contributed by atoms with van der Waals surface area (Å²) in [5, 5.41) is 3.15. The predicted molar refractivity (Wildman–Crippen MR) is 60.9 cm³/mol. The number of benzene rings is 1. The molecule has 76 valence electrons. The highest BCUT2D eigenvalue weighted by Crippen LogP contribution is 2.15. The molecule has 4 heteroatoms. The highest BCUT2D eigenvalue weighted by molar-refractivity contribution is 5.58.